The number of pyridine rings is 2. The molecule has 0 aliphatic rings. The van der Waals surface area contributed by atoms with Gasteiger partial charge in [0, 0.05) is 62.5 Å². The van der Waals surface area contributed by atoms with Crippen LogP contribution in [0.5, 0.6) is 0 Å². The van der Waals surface area contributed by atoms with Gasteiger partial charge in [0.1, 0.15) is 13.1 Å². The summed E-state index contributed by atoms with van der Waals surface area (Å²) in [6.45, 7) is 7.02. The summed E-state index contributed by atoms with van der Waals surface area (Å²) in [6, 6.07) is 13.6. The summed E-state index contributed by atoms with van der Waals surface area (Å²) >= 11 is 0. The molecule has 0 atom stereocenters. The Kier molecular flexibility index (Phi) is 38.0. The smallest absolute Gasteiger partial charge is 0.181 e. The Balaban J connectivity index is 0.00000288. The number of aromatic nitrogens is 2. The normalized spacial score (nSPS) is 11.5. The van der Waals surface area contributed by atoms with E-state index < -0.39 is 20.2 Å². The summed E-state index contributed by atoms with van der Waals surface area (Å²) in [5.74, 6) is 0. The van der Waals surface area contributed by atoms with Gasteiger partial charge < -0.3 is 9.11 Å². The number of nitrogens with zero attached hydrogens (tertiary/aromatic N) is 2. The lowest BCUT2D eigenvalue weighted by Gasteiger charge is -2.06. The highest BCUT2D eigenvalue weighted by atomic mass is 32.2. The molecule has 0 spiro atoms. The average molecular weight is 853 g/mol. The van der Waals surface area contributed by atoms with Gasteiger partial charge in [0.25, 0.3) is 0 Å². The molecule has 0 bridgehead atoms. The Morgan fingerprint density at radius 2 is 0.603 bits per heavy atom. The Bertz CT molecular complexity index is 1300. The molecule has 58 heavy (non-hydrogen) atoms. The van der Waals surface area contributed by atoms with Crippen molar-refractivity contribution in [3.63, 3.8) is 0 Å². The van der Waals surface area contributed by atoms with Crippen LogP contribution in [0, 0.1) is 0 Å². The maximum Gasteiger partial charge on any atom is 0.181 e. The predicted molar refractivity (Wildman–Crippen MR) is 242 cm³/mol. The van der Waals surface area contributed by atoms with Gasteiger partial charge in [0.2, 0.25) is 0 Å². The Morgan fingerprint density at radius 1 is 0.379 bits per heavy atom. The van der Waals surface area contributed by atoms with Crippen LogP contribution in [0.25, 0.3) is 0 Å². The first-order chi connectivity index (χ1) is 27.8. The molecule has 0 saturated heterocycles. The number of hydrogen-bond acceptors (Lipinski definition) is 6. The summed E-state index contributed by atoms with van der Waals surface area (Å²) in [7, 11) is -7.83. The van der Waals surface area contributed by atoms with E-state index in [0.29, 0.717) is 12.5 Å². The number of rotatable bonds is 35. The molecule has 0 fully saturated rings. The molecular weight excluding hydrogens is 765 g/mol. The van der Waals surface area contributed by atoms with E-state index in [-0.39, 0.29) is 0 Å². The number of unbranched alkanes of at least 4 members (excludes halogenated alkanes) is 27. The molecule has 0 aliphatic heterocycles. The summed E-state index contributed by atoms with van der Waals surface area (Å²) in [6.07, 6.45) is 50.7. The zero-order valence-electron chi connectivity index (χ0n) is 37.8. The summed E-state index contributed by atoms with van der Waals surface area (Å²) < 4.78 is 59.5. The van der Waals surface area contributed by atoms with Crippen LogP contribution >= 0.6 is 0 Å². The van der Waals surface area contributed by atoms with E-state index >= 15 is 0 Å². The largest absolute Gasteiger partial charge is 0.748 e. The van der Waals surface area contributed by atoms with Gasteiger partial charge in [-0.2, -0.15) is 0 Å². The van der Waals surface area contributed by atoms with E-state index in [1.165, 1.54) is 219 Å². The monoisotopic (exact) mass is 853 g/mol. The van der Waals surface area contributed by atoms with Crippen LogP contribution in [0.2, 0.25) is 0 Å². The minimum Gasteiger partial charge on any atom is -0.748 e. The van der Waals surface area contributed by atoms with Gasteiger partial charge in [0.05, 0.1) is 20.2 Å². The second kappa shape index (κ2) is 39.3. The molecule has 338 valence electrons. The fourth-order valence-corrected chi connectivity index (χ4v) is 7.48. The third-order valence-corrected chi connectivity index (χ3v) is 10.7. The molecule has 0 unspecified atom stereocenters. The Hall–Kier alpha value is -1.88. The van der Waals surface area contributed by atoms with Crippen LogP contribution in [0.3, 0.4) is 0 Å². The predicted octanol–water partition coefficient (Wildman–Crippen LogP) is 12.1. The van der Waals surface area contributed by atoms with E-state index in [1.54, 1.807) is 11.4 Å². The molecular formula is C48H88N2O6S2. The summed E-state index contributed by atoms with van der Waals surface area (Å²) in [4.78, 5) is 0. The van der Waals surface area contributed by atoms with Crippen molar-refractivity contribution < 1.29 is 35.1 Å². The molecule has 8 nitrogen and oxygen atoms in total. The van der Waals surface area contributed by atoms with Gasteiger partial charge in [-0.25, -0.2) is 26.0 Å². The molecule has 0 N–H and O–H groups in total. The standard InChI is InChI=1S/C46H82N2.2CH4O3S/c1-3-5-7-9-11-13-19-23-27-33-41-47-43-35-31-39-45(47)37-29-25-21-17-15-16-18-22-26-30-38-46-40-32-36-44-48(46)42-34-28-24-20-14-12-10-8-6-4-2;2*1-5(2,3)4/h31-32,35-36,39-40,43-44H,3-30,33-34,37-38,41-42H2,1-2H3;2*1H3,(H,2,3,4)/q+2;;/p-2. The minimum atomic E-state index is -3.92. The molecule has 0 amide bonds. The van der Waals surface area contributed by atoms with E-state index in [2.05, 4.69) is 71.8 Å². The van der Waals surface area contributed by atoms with Gasteiger partial charge in [0.15, 0.2) is 23.8 Å². The van der Waals surface area contributed by atoms with Crippen molar-refractivity contribution in [3.8, 4) is 0 Å². The number of aryl methyl sites for hydroxylation is 4. The van der Waals surface area contributed by atoms with Gasteiger partial charge in [-0.3, -0.25) is 0 Å². The molecule has 0 saturated carbocycles. The molecule has 2 heterocycles. The first kappa shape index (κ1) is 56.1. The van der Waals surface area contributed by atoms with E-state index in [0.717, 1.165) is 0 Å². The molecule has 0 radical (unpaired) electrons. The van der Waals surface area contributed by atoms with Crippen LogP contribution < -0.4 is 9.13 Å². The molecule has 10 heteroatoms. The summed E-state index contributed by atoms with van der Waals surface area (Å²) in [5, 5.41) is 0. The lowest BCUT2D eigenvalue weighted by Crippen LogP contribution is -2.37. The van der Waals surface area contributed by atoms with Crippen LogP contribution in [-0.2, 0) is 46.2 Å². The lowest BCUT2D eigenvalue weighted by atomic mass is 10.0. The van der Waals surface area contributed by atoms with Crippen molar-refractivity contribution >= 4 is 20.2 Å². The quantitative estimate of drug-likeness (QED) is 0.0386. The van der Waals surface area contributed by atoms with Gasteiger partial charge >= 0.3 is 0 Å². The van der Waals surface area contributed by atoms with Crippen molar-refractivity contribution in [2.45, 2.75) is 232 Å². The molecule has 2 aromatic rings. The van der Waals surface area contributed by atoms with Gasteiger partial charge in [-0.15, -0.1) is 0 Å². The van der Waals surface area contributed by atoms with Crippen LogP contribution in [0.4, 0.5) is 0 Å². The minimum absolute atomic E-state index is 0.604. The summed E-state index contributed by atoms with van der Waals surface area (Å²) in [5.41, 5.74) is 3.10. The van der Waals surface area contributed by atoms with Crippen molar-refractivity contribution in [3.05, 3.63) is 60.2 Å². The SMILES string of the molecule is CCCCCCCCCCCC[n+]1ccccc1CCCCCCCCCCCCc1cccc[n+]1CCCCCCCCCCCC.CS(=O)(=O)[O-].CS(=O)(=O)[O-]. The highest BCUT2D eigenvalue weighted by Gasteiger charge is 2.10. The average Bonchev–Trinajstić information content (AvgIpc) is 3.16. The fraction of sp³-hybridized carbons (Fsp3) is 0.792. The van der Waals surface area contributed by atoms with Crippen LogP contribution in [0.1, 0.15) is 218 Å². The highest BCUT2D eigenvalue weighted by Crippen LogP contribution is 2.15. The van der Waals surface area contributed by atoms with Crippen molar-refractivity contribution in [2.75, 3.05) is 12.5 Å². The molecule has 0 aromatic carbocycles. The Morgan fingerprint density at radius 3 is 0.862 bits per heavy atom. The maximum absolute atomic E-state index is 9.08. The Labute approximate surface area is 358 Å². The van der Waals surface area contributed by atoms with E-state index in [9.17, 15) is 0 Å². The lowest BCUT2D eigenvalue weighted by molar-refractivity contribution is -0.704. The van der Waals surface area contributed by atoms with Gasteiger partial charge in [-0.1, -0.05) is 180 Å². The van der Waals surface area contributed by atoms with Crippen molar-refractivity contribution in [1.82, 2.24) is 0 Å². The van der Waals surface area contributed by atoms with Gasteiger partial charge in [-0.05, 0) is 25.7 Å². The topological polar surface area (TPSA) is 122 Å². The number of hydrogen-bond donors (Lipinski definition) is 0. The first-order valence-corrected chi connectivity index (χ1v) is 27.2. The zero-order valence-corrected chi connectivity index (χ0v) is 39.5. The molecule has 0 aliphatic carbocycles. The fourth-order valence-electron chi connectivity index (χ4n) is 7.48. The zero-order chi connectivity index (χ0) is 43.0. The third-order valence-electron chi connectivity index (χ3n) is 10.7. The molecule has 2 rings (SSSR count). The third kappa shape index (κ3) is 43.7. The second-order valence-electron chi connectivity index (χ2n) is 16.6. The maximum atomic E-state index is 9.08. The van der Waals surface area contributed by atoms with E-state index in [1.807, 2.05) is 0 Å². The van der Waals surface area contributed by atoms with Crippen molar-refractivity contribution in [2.24, 2.45) is 0 Å². The van der Waals surface area contributed by atoms with Crippen molar-refractivity contribution in [1.29, 1.82) is 0 Å². The van der Waals surface area contributed by atoms with E-state index in [4.69, 9.17) is 25.9 Å². The highest BCUT2D eigenvalue weighted by molar-refractivity contribution is 7.85. The second-order valence-corrected chi connectivity index (χ2v) is 19.4. The first-order valence-electron chi connectivity index (χ1n) is 23.6. The molecule has 2 aromatic heterocycles. The van der Waals surface area contributed by atoms with Crippen LogP contribution in [-0.4, -0.2) is 38.5 Å². The van der Waals surface area contributed by atoms with Crippen LogP contribution in [0.15, 0.2) is 48.8 Å².